The van der Waals surface area contributed by atoms with E-state index in [2.05, 4.69) is 20.4 Å². The fourth-order valence-corrected chi connectivity index (χ4v) is 2.96. The second-order valence-corrected chi connectivity index (χ2v) is 6.33. The van der Waals surface area contributed by atoms with Gasteiger partial charge in [0.05, 0.1) is 17.6 Å². The zero-order chi connectivity index (χ0) is 22.3. The van der Waals surface area contributed by atoms with Gasteiger partial charge < -0.3 is 25.7 Å². The van der Waals surface area contributed by atoms with E-state index in [4.69, 9.17) is 15.2 Å². The summed E-state index contributed by atoms with van der Waals surface area (Å²) >= 11 is 0. The second-order valence-electron chi connectivity index (χ2n) is 6.33. The molecule has 2 aromatic rings. The number of nitrogens with two attached hydrogens (primary N) is 1. The summed E-state index contributed by atoms with van der Waals surface area (Å²) in [6.07, 6.45) is 0.695. The molecule has 12 nitrogen and oxygen atoms in total. The maximum Gasteiger partial charge on any atom is 0.375 e. The van der Waals surface area contributed by atoms with Crippen LogP contribution in [0.2, 0.25) is 0 Å². The molecule has 0 radical (unpaired) electrons. The first-order valence-corrected chi connectivity index (χ1v) is 9.10. The number of oxime groups is 1. The molecule has 12 heteroatoms. The molecule has 0 aliphatic carbocycles. The first-order chi connectivity index (χ1) is 14.3. The van der Waals surface area contributed by atoms with E-state index in [1.54, 1.807) is 45.2 Å². The van der Waals surface area contributed by atoms with Crippen LogP contribution in [0.1, 0.15) is 26.7 Å². The molecule has 0 unspecified atom stereocenters. The quantitative estimate of drug-likeness (QED) is 0.194. The number of nitrogen functional groups attached to an aromatic ring is 1. The molecule has 0 spiro atoms. The van der Waals surface area contributed by atoms with Crippen molar-refractivity contribution in [1.29, 1.82) is 0 Å². The molecular formula is C18H24N6O6. The van der Waals surface area contributed by atoms with Crippen LogP contribution in [0, 0.1) is 10.1 Å². The molecule has 30 heavy (non-hydrogen) atoms. The van der Waals surface area contributed by atoms with Crippen molar-refractivity contribution in [3.63, 3.8) is 0 Å². The number of anilines is 2. The number of nitro groups is 1. The van der Waals surface area contributed by atoms with Crippen molar-refractivity contribution in [3.05, 3.63) is 44.7 Å². The molecule has 1 aromatic heterocycles. The minimum absolute atomic E-state index is 0.121. The molecule has 162 valence electrons. The maximum absolute atomic E-state index is 12.0. The predicted molar refractivity (Wildman–Crippen MR) is 111 cm³/mol. The fraction of sp³-hybridized carbons (Fsp3) is 0.389. The van der Waals surface area contributed by atoms with Crippen molar-refractivity contribution < 1.29 is 19.6 Å². The number of hydrogen-bond acceptors (Lipinski definition) is 10. The lowest BCUT2D eigenvalue weighted by molar-refractivity contribution is -0.385. The van der Waals surface area contributed by atoms with E-state index in [1.807, 2.05) is 0 Å². The van der Waals surface area contributed by atoms with Gasteiger partial charge in [0.2, 0.25) is 11.8 Å². The summed E-state index contributed by atoms with van der Waals surface area (Å²) in [5, 5.41) is 27.3. The highest BCUT2D eigenvalue weighted by atomic mass is 16.6. The Morgan fingerprint density at radius 3 is 2.43 bits per heavy atom. The minimum Gasteiger partial charge on any atom is -0.497 e. The van der Waals surface area contributed by atoms with Gasteiger partial charge in [0.25, 0.3) is 0 Å². The van der Waals surface area contributed by atoms with E-state index in [0.29, 0.717) is 24.3 Å². The molecule has 0 saturated heterocycles. The number of benzene rings is 1. The topological polar surface area (TPSA) is 178 Å². The summed E-state index contributed by atoms with van der Waals surface area (Å²) in [6.45, 7) is 3.46. The normalized spacial score (nSPS) is 11.8. The van der Waals surface area contributed by atoms with Gasteiger partial charge in [-0.2, -0.15) is 4.98 Å². The molecule has 1 heterocycles. The number of aromatic nitrogens is 2. The number of rotatable bonds is 10. The Morgan fingerprint density at radius 2 is 1.93 bits per heavy atom. The van der Waals surface area contributed by atoms with Crippen molar-refractivity contribution in [1.82, 2.24) is 9.97 Å². The Labute approximate surface area is 171 Å². The SMILES string of the molecule is CCC(CC)(Nc1nc(N)[nH]c(=O)c1[N+](=O)[O-])C(COc1ccc(OC)cc1)=NO. The molecule has 2 rings (SSSR count). The number of ether oxygens (including phenoxy) is 2. The molecule has 0 aliphatic rings. The molecule has 0 aliphatic heterocycles. The van der Waals surface area contributed by atoms with Gasteiger partial charge in [0.15, 0.2) is 0 Å². The summed E-state index contributed by atoms with van der Waals surface area (Å²) in [4.78, 5) is 28.5. The molecule has 0 saturated carbocycles. The summed E-state index contributed by atoms with van der Waals surface area (Å²) in [5.74, 6) is 0.547. The van der Waals surface area contributed by atoms with Gasteiger partial charge in [0.1, 0.15) is 23.8 Å². The van der Waals surface area contributed by atoms with Gasteiger partial charge in [-0.1, -0.05) is 19.0 Å². The highest BCUT2D eigenvalue weighted by Gasteiger charge is 2.37. The van der Waals surface area contributed by atoms with Crippen LogP contribution in [0.15, 0.2) is 34.2 Å². The number of nitrogens with zero attached hydrogens (tertiary/aromatic N) is 3. The van der Waals surface area contributed by atoms with Gasteiger partial charge >= 0.3 is 11.2 Å². The van der Waals surface area contributed by atoms with Crippen molar-refractivity contribution >= 4 is 23.2 Å². The van der Waals surface area contributed by atoms with Crippen LogP contribution < -0.4 is 26.1 Å². The van der Waals surface area contributed by atoms with E-state index < -0.39 is 21.7 Å². The standard InChI is InChI=1S/C18H24N6O6/c1-4-18(5-2,22-15-14(24(27)28)16(25)21-17(19)20-15)13(23-26)10-30-12-8-6-11(29-3)7-9-12/h6-9,26H,4-5,10H2,1-3H3,(H4,19,20,21,22,25). The molecule has 5 N–H and O–H groups in total. The van der Waals surface area contributed by atoms with Crippen LogP contribution in [0.25, 0.3) is 0 Å². The van der Waals surface area contributed by atoms with E-state index in [-0.39, 0.29) is 24.1 Å². The monoisotopic (exact) mass is 420 g/mol. The van der Waals surface area contributed by atoms with Crippen LogP contribution in [-0.2, 0) is 0 Å². The number of methoxy groups -OCH3 is 1. The van der Waals surface area contributed by atoms with Gasteiger partial charge in [-0.25, -0.2) is 0 Å². The Kier molecular flexibility index (Phi) is 7.17. The molecule has 0 bridgehead atoms. The van der Waals surface area contributed by atoms with Gasteiger partial charge in [-0.3, -0.25) is 19.9 Å². The zero-order valence-corrected chi connectivity index (χ0v) is 16.8. The molecular weight excluding hydrogens is 396 g/mol. The van der Waals surface area contributed by atoms with Crippen LogP contribution in [0.3, 0.4) is 0 Å². The highest BCUT2D eigenvalue weighted by molar-refractivity contribution is 5.97. The number of hydrogen-bond donors (Lipinski definition) is 4. The summed E-state index contributed by atoms with van der Waals surface area (Å²) < 4.78 is 10.8. The Hall–Kier alpha value is -3.83. The minimum atomic E-state index is -1.08. The summed E-state index contributed by atoms with van der Waals surface area (Å²) in [6, 6.07) is 6.79. The maximum atomic E-state index is 12.0. The van der Waals surface area contributed by atoms with Gasteiger partial charge in [0, 0.05) is 0 Å². The van der Waals surface area contributed by atoms with Gasteiger partial charge in [-0.05, 0) is 37.1 Å². The molecule has 0 fully saturated rings. The van der Waals surface area contributed by atoms with Crippen LogP contribution in [0.4, 0.5) is 17.5 Å². The van der Waals surface area contributed by atoms with E-state index >= 15 is 0 Å². The summed E-state index contributed by atoms with van der Waals surface area (Å²) in [5.41, 5.74) is 2.85. The first kappa shape index (κ1) is 22.5. The van der Waals surface area contributed by atoms with Crippen molar-refractivity contribution in [2.24, 2.45) is 5.16 Å². The van der Waals surface area contributed by atoms with E-state index in [0.717, 1.165) is 0 Å². The third kappa shape index (κ3) is 4.77. The summed E-state index contributed by atoms with van der Waals surface area (Å²) in [7, 11) is 1.55. The molecule has 1 aromatic carbocycles. The lowest BCUT2D eigenvalue weighted by atomic mass is 9.87. The van der Waals surface area contributed by atoms with Crippen molar-refractivity contribution in [2.75, 3.05) is 24.8 Å². The van der Waals surface area contributed by atoms with Crippen molar-refractivity contribution in [3.8, 4) is 11.5 Å². The Balaban J connectivity index is 2.35. The van der Waals surface area contributed by atoms with Crippen LogP contribution in [-0.4, -0.2) is 45.1 Å². The third-order valence-corrected chi connectivity index (χ3v) is 4.77. The predicted octanol–water partition coefficient (Wildman–Crippen LogP) is 2.15. The third-order valence-electron chi connectivity index (χ3n) is 4.77. The second kappa shape index (κ2) is 9.58. The number of aromatic amines is 1. The average molecular weight is 420 g/mol. The molecule has 0 atom stereocenters. The lowest BCUT2D eigenvalue weighted by Gasteiger charge is -2.33. The van der Waals surface area contributed by atoms with E-state index in [9.17, 15) is 20.1 Å². The fourth-order valence-electron chi connectivity index (χ4n) is 2.96. The number of H-pyrrole nitrogens is 1. The number of nitrogens with one attached hydrogen (secondary N) is 2. The van der Waals surface area contributed by atoms with Gasteiger partial charge in [-0.15, -0.1) is 0 Å². The largest absolute Gasteiger partial charge is 0.497 e. The highest BCUT2D eigenvalue weighted by Crippen LogP contribution is 2.28. The lowest BCUT2D eigenvalue weighted by Crippen LogP contribution is -2.48. The van der Waals surface area contributed by atoms with E-state index in [1.165, 1.54) is 0 Å². The Morgan fingerprint density at radius 1 is 1.33 bits per heavy atom. The van der Waals surface area contributed by atoms with Crippen molar-refractivity contribution in [2.45, 2.75) is 32.2 Å². The van der Waals surface area contributed by atoms with Crippen LogP contribution >= 0.6 is 0 Å². The smallest absolute Gasteiger partial charge is 0.375 e. The molecule has 0 amide bonds. The first-order valence-electron chi connectivity index (χ1n) is 9.10. The van der Waals surface area contributed by atoms with Crippen LogP contribution in [0.5, 0.6) is 11.5 Å². The average Bonchev–Trinajstić information content (AvgIpc) is 2.72. The zero-order valence-electron chi connectivity index (χ0n) is 16.8. The Bertz CT molecular complexity index is 968.